The molecule has 2 aromatic heterocycles. The van der Waals surface area contributed by atoms with E-state index in [0.29, 0.717) is 27.4 Å². The van der Waals surface area contributed by atoms with Crippen LogP contribution in [-0.4, -0.2) is 15.9 Å². The molecule has 2 N–H and O–H groups in total. The van der Waals surface area contributed by atoms with Crippen molar-refractivity contribution in [3.05, 3.63) is 64.3 Å². The molecule has 2 heterocycles. The predicted molar refractivity (Wildman–Crippen MR) is 93.8 cm³/mol. The van der Waals surface area contributed by atoms with Gasteiger partial charge in [-0.05, 0) is 36.8 Å². The van der Waals surface area contributed by atoms with E-state index in [1.165, 1.54) is 11.3 Å². The number of benzene rings is 1. The van der Waals surface area contributed by atoms with Crippen molar-refractivity contribution >= 4 is 45.5 Å². The summed E-state index contributed by atoms with van der Waals surface area (Å²) in [4.78, 5) is 20.7. The fourth-order valence-corrected chi connectivity index (χ4v) is 2.77. The number of nitrogens with zero attached hydrogens (tertiary/aromatic N) is 2. The Morgan fingerprint density at radius 1 is 1.26 bits per heavy atom. The summed E-state index contributed by atoms with van der Waals surface area (Å²) in [6.07, 6.45) is 1.69. The molecule has 7 heteroatoms. The highest BCUT2D eigenvalue weighted by Crippen LogP contribution is 2.23. The van der Waals surface area contributed by atoms with E-state index in [0.717, 1.165) is 5.56 Å². The minimum absolute atomic E-state index is 0.277. The fourth-order valence-electron chi connectivity index (χ4n) is 1.90. The van der Waals surface area contributed by atoms with Gasteiger partial charge in [-0.3, -0.25) is 4.79 Å². The van der Waals surface area contributed by atoms with Gasteiger partial charge in [0.1, 0.15) is 11.5 Å². The Balaban J connectivity index is 1.72. The minimum Gasteiger partial charge on any atom is -0.320 e. The molecule has 1 aromatic carbocycles. The molecular weight excluding hydrogens is 332 g/mol. The molecule has 0 aliphatic heterocycles. The number of halogens is 1. The summed E-state index contributed by atoms with van der Waals surface area (Å²) in [6, 6.07) is 10.9. The van der Waals surface area contributed by atoms with Crippen LogP contribution in [0.2, 0.25) is 5.02 Å². The lowest BCUT2D eigenvalue weighted by Gasteiger charge is -2.07. The van der Waals surface area contributed by atoms with E-state index in [1.54, 1.807) is 23.7 Å². The molecule has 0 radical (unpaired) electrons. The predicted octanol–water partition coefficient (Wildman–Crippen LogP) is 4.50. The summed E-state index contributed by atoms with van der Waals surface area (Å²) in [6.45, 7) is 1.90. The molecule has 0 fully saturated rings. The van der Waals surface area contributed by atoms with Crippen LogP contribution in [0.3, 0.4) is 0 Å². The van der Waals surface area contributed by atoms with Crippen molar-refractivity contribution in [1.29, 1.82) is 0 Å². The Morgan fingerprint density at radius 3 is 2.91 bits per heavy atom. The highest BCUT2D eigenvalue weighted by atomic mass is 35.5. The number of anilines is 3. The molecule has 3 rings (SSSR count). The summed E-state index contributed by atoms with van der Waals surface area (Å²) in [7, 11) is 0. The molecule has 0 unspecified atom stereocenters. The van der Waals surface area contributed by atoms with Crippen LogP contribution < -0.4 is 10.6 Å². The van der Waals surface area contributed by atoms with Gasteiger partial charge in [0.25, 0.3) is 5.91 Å². The summed E-state index contributed by atoms with van der Waals surface area (Å²) in [5, 5.41) is 8.75. The van der Waals surface area contributed by atoms with Crippen molar-refractivity contribution < 1.29 is 4.79 Å². The van der Waals surface area contributed by atoms with Crippen LogP contribution in [0, 0.1) is 6.92 Å². The molecule has 0 aliphatic rings. The topological polar surface area (TPSA) is 66.9 Å². The van der Waals surface area contributed by atoms with Crippen molar-refractivity contribution in [1.82, 2.24) is 9.97 Å². The van der Waals surface area contributed by atoms with Gasteiger partial charge in [-0.25, -0.2) is 9.97 Å². The van der Waals surface area contributed by atoms with E-state index in [2.05, 4.69) is 20.6 Å². The largest absolute Gasteiger partial charge is 0.320 e. The number of carbonyl (C=O) groups excluding carboxylic acids is 1. The molecule has 23 heavy (non-hydrogen) atoms. The van der Waals surface area contributed by atoms with E-state index in [1.807, 2.05) is 31.2 Å². The van der Waals surface area contributed by atoms with E-state index in [9.17, 15) is 4.79 Å². The van der Waals surface area contributed by atoms with Crippen LogP contribution in [0.25, 0.3) is 0 Å². The van der Waals surface area contributed by atoms with Crippen LogP contribution in [-0.2, 0) is 0 Å². The van der Waals surface area contributed by atoms with Gasteiger partial charge < -0.3 is 10.6 Å². The zero-order chi connectivity index (χ0) is 16.2. The van der Waals surface area contributed by atoms with Crippen molar-refractivity contribution in [2.45, 2.75) is 6.92 Å². The van der Waals surface area contributed by atoms with Crippen LogP contribution in [0.5, 0.6) is 0 Å². The first-order valence-electron chi connectivity index (χ1n) is 6.83. The Hall–Kier alpha value is -2.44. The van der Waals surface area contributed by atoms with Gasteiger partial charge >= 0.3 is 0 Å². The first-order valence-corrected chi connectivity index (χ1v) is 8.08. The Kier molecular flexibility index (Phi) is 4.55. The summed E-state index contributed by atoms with van der Waals surface area (Å²) in [5.41, 5.74) is 1.95. The second-order valence-corrected chi connectivity index (χ2v) is 6.09. The lowest BCUT2D eigenvalue weighted by atomic mass is 10.2. The first kappa shape index (κ1) is 15.5. The van der Waals surface area contributed by atoms with Crippen LogP contribution in [0.1, 0.15) is 16.1 Å². The Morgan fingerprint density at radius 2 is 2.13 bits per heavy atom. The zero-order valence-corrected chi connectivity index (χ0v) is 13.8. The van der Waals surface area contributed by atoms with Crippen LogP contribution >= 0.6 is 22.9 Å². The number of carbonyl (C=O) groups is 1. The van der Waals surface area contributed by atoms with Gasteiger partial charge in [-0.15, -0.1) is 11.3 Å². The zero-order valence-electron chi connectivity index (χ0n) is 12.2. The maximum atomic E-state index is 12.3. The number of amides is 1. The molecule has 5 nitrogen and oxygen atoms in total. The lowest BCUT2D eigenvalue weighted by molar-refractivity contribution is 0.102. The van der Waals surface area contributed by atoms with Gasteiger partial charge in [0.15, 0.2) is 5.13 Å². The third-order valence-electron chi connectivity index (χ3n) is 3.08. The lowest BCUT2D eigenvalue weighted by Crippen LogP contribution is -2.13. The van der Waals surface area contributed by atoms with E-state index in [-0.39, 0.29) is 5.91 Å². The summed E-state index contributed by atoms with van der Waals surface area (Å²) >= 11 is 7.30. The van der Waals surface area contributed by atoms with E-state index in [4.69, 9.17) is 11.6 Å². The second kappa shape index (κ2) is 6.76. The first-order chi connectivity index (χ1) is 11.1. The minimum atomic E-state index is -0.277. The Bertz CT molecular complexity index is 835. The monoisotopic (exact) mass is 344 g/mol. The van der Waals surface area contributed by atoms with Gasteiger partial charge in [-0.1, -0.05) is 23.7 Å². The number of nitrogens with one attached hydrogen (secondary N) is 2. The van der Waals surface area contributed by atoms with Crippen LogP contribution in [0.15, 0.2) is 48.0 Å². The maximum absolute atomic E-state index is 12.3. The van der Waals surface area contributed by atoms with E-state index >= 15 is 0 Å². The number of aromatic nitrogens is 2. The molecule has 0 bridgehead atoms. The third kappa shape index (κ3) is 3.85. The molecule has 116 valence electrons. The second-order valence-electron chi connectivity index (χ2n) is 4.79. The van der Waals surface area contributed by atoms with Gasteiger partial charge in [0.2, 0.25) is 0 Å². The van der Waals surface area contributed by atoms with Gasteiger partial charge in [0, 0.05) is 22.3 Å². The average molecular weight is 345 g/mol. The van der Waals surface area contributed by atoms with Crippen molar-refractivity contribution in [3.63, 3.8) is 0 Å². The molecule has 0 saturated carbocycles. The fraction of sp³-hybridized carbons (Fsp3) is 0.0625. The van der Waals surface area contributed by atoms with Crippen LogP contribution in [0.4, 0.5) is 16.6 Å². The standard InChI is InChI=1S/C16H13ClN4OS/c1-10-5-6-11(17)8-12(10)19-15(22)13-9-23-16(20-13)21-14-4-2-3-7-18-14/h2-9H,1H3,(H,19,22)(H,18,20,21). The molecule has 3 aromatic rings. The number of hydrogen-bond acceptors (Lipinski definition) is 5. The molecule has 0 atom stereocenters. The number of rotatable bonds is 4. The third-order valence-corrected chi connectivity index (χ3v) is 4.08. The highest BCUT2D eigenvalue weighted by Gasteiger charge is 2.12. The Labute approximate surface area is 142 Å². The quantitative estimate of drug-likeness (QED) is 0.731. The van der Waals surface area contributed by atoms with Gasteiger partial charge in [-0.2, -0.15) is 0 Å². The molecule has 0 aliphatic carbocycles. The normalized spacial score (nSPS) is 10.3. The van der Waals surface area contributed by atoms with Crippen molar-refractivity contribution in [2.75, 3.05) is 10.6 Å². The average Bonchev–Trinajstić information content (AvgIpc) is 3.00. The number of aryl methyl sites for hydroxylation is 1. The molecule has 0 spiro atoms. The smallest absolute Gasteiger partial charge is 0.275 e. The maximum Gasteiger partial charge on any atom is 0.275 e. The number of thiazole rings is 1. The summed E-state index contributed by atoms with van der Waals surface area (Å²) in [5.74, 6) is 0.403. The van der Waals surface area contributed by atoms with Crippen molar-refractivity contribution in [2.24, 2.45) is 0 Å². The highest BCUT2D eigenvalue weighted by molar-refractivity contribution is 7.14. The molecule has 1 amide bonds. The number of pyridine rings is 1. The van der Waals surface area contributed by atoms with E-state index < -0.39 is 0 Å². The summed E-state index contributed by atoms with van der Waals surface area (Å²) < 4.78 is 0. The number of hydrogen-bond donors (Lipinski definition) is 2. The SMILES string of the molecule is Cc1ccc(Cl)cc1NC(=O)c1csc(Nc2ccccn2)n1. The van der Waals surface area contributed by atoms with Crippen molar-refractivity contribution in [3.8, 4) is 0 Å². The van der Waals surface area contributed by atoms with Gasteiger partial charge in [0.05, 0.1) is 0 Å². The molecular formula is C16H13ClN4OS. The molecule has 0 saturated heterocycles.